The van der Waals surface area contributed by atoms with E-state index in [0.29, 0.717) is 0 Å². The Morgan fingerprint density at radius 3 is 2.72 bits per heavy atom. The minimum Gasteiger partial charge on any atom is -0.264 e. The second kappa shape index (κ2) is 4.74. The minimum absolute atomic E-state index is 0.893. The summed E-state index contributed by atoms with van der Waals surface area (Å²) in [5.41, 5.74) is 6.15. The number of para-hydroxylation sites is 1. The maximum absolute atomic E-state index is 4.37. The molecule has 5 heterocycles. The third kappa shape index (κ3) is 1.68. The van der Waals surface area contributed by atoms with E-state index >= 15 is 0 Å². The lowest BCUT2D eigenvalue weighted by Gasteiger charge is -2.00. The van der Waals surface area contributed by atoms with Crippen molar-refractivity contribution in [2.24, 2.45) is 0 Å². The van der Waals surface area contributed by atoms with Gasteiger partial charge in [-0.1, -0.05) is 29.5 Å². The molecule has 0 saturated heterocycles. The predicted molar refractivity (Wildman–Crippen MR) is 99.0 cm³/mol. The van der Waals surface area contributed by atoms with Crippen LogP contribution >= 0.6 is 11.3 Å². The van der Waals surface area contributed by atoms with Gasteiger partial charge >= 0.3 is 5.65 Å². The molecular formula is C20H13N4S+. The van der Waals surface area contributed by atoms with Gasteiger partial charge in [0.2, 0.25) is 0 Å². The van der Waals surface area contributed by atoms with Gasteiger partial charge in [0.05, 0.1) is 17.1 Å². The van der Waals surface area contributed by atoms with Crippen LogP contribution in [0.1, 0.15) is 5.56 Å². The van der Waals surface area contributed by atoms with E-state index in [1.165, 1.54) is 31.9 Å². The number of benzene rings is 1. The zero-order valence-electron chi connectivity index (χ0n) is 13.3. The molecule has 4 aromatic heterocycles. The lowest BCUT2D eigenvalue weighted by atomic mass is 10.2. The summed E-state index contributed by atoms with van der Waals surface area (Å²) >= 11 is 1.85. The third-order valence-electron chi connectivity index (χ3n) is 4.88. The maximum Gasteiger partial charge on any atom is 0.306 e. The Labute approximate surface area is 147 Å². The molecule has 0 aliphatic carbocycles. The van der Waals surface area contributed by atoms with E-state index in [2.05, 4.69) is 61.6 Å². The minimum atomic E-state index is 0.893. The summed E-state index contributed by atoms with van der Waals surface area (Å²) in [6, 6.07) is 14.8. The van der Waals surface area contributed by atoms with Crippen molar-refractivity contribution in [3.05, 3.63) is 72.8 Å². The van der Waals surface area contributed by atoms with Crippen LogP contribution in [0.4, 0.5) is 0 Å². The van der Waals surface area contributed by atoms with E-state index < -0.39 is 0 Å². The Hall–Kier alpha value is -3.05. The van der Waals surface area contributed by atoms with Crippen LogP contribution in [0.15, 0.2) is 67.3 Å². The van der Waals surface area contributed by atoms with Gasteiger partial charge in [-0.05, 0) is 24.3 Å². The lowest BCUT2D eigenvalue weighted by Crippen LogP contribution is -2.32. The molecule has 0 unspecified atom stereocenters. The molecule has 1 aromatic carbocycles. The van der Waals surface area contributed by atoms with Gasteiger partial charge in [0.25, 0.3) is 0 Å². The van der Waals surface area contributed by atoms with E-state index in [0.717, 1.165) is 17.7 Å². The van der Waals surface area contributed by atoms with Crippen molar-refractivity contribution in [2.45, 2.75) is 6.54 Å². The fourth-order valence-corrected chi connectivity index (χ4v) is 5.12. The number of pyridine rings is 2. The summed E-state index contributed by atoms with van der Waals surface area (Å²) in [5.74, 6) is 0. The van der Waals surface area contributed by atoms with Gasteiger partial charge in [-0.3, -0.25) is 9.97 Å². The van der Waals surface area contributed by atoms with Crippen LogP contribution in [-0.2, 0) is 6.54 Å². The van der Waals surface area contributed by atoms with Gasteiger partial charge in [0, 0.05) is 24.2 Å². The topological polar surface area (TPSA) is 34.6 Å². The maximum atomic E-state index is 4.37. The quantitative estimate of drug-likeness (QED) is 0.424. The SMILES string of the molecule is c1ccc(-n2c3cnccc3c3sc4[n+](c32)Cc2ccncc2-4)cc1. The normalized spacial score (nSPS) is 12.6. The van der Waals surface area contributed by atoms with Crippen LogP contribution in [0.5, 0.6) is 0 Å². The molecule has 0 N–H and O–H groups in total. The van der Waals surface area contributed by atoms with Crippen LogP contribution in [0.2, 0.25) is 0 Å². The number of hydrogen-bond acceptors (Lipinski definition) is 3. The molecule has 0 radical (unpaired) electrons. The van der Waals surface area contributed by atoms with E-state index in [4.69, 9.17) is 0 Å². The third-order valence-corrected chi connectivity index (χ3v) is 6.12. The molecule has 118 valence electrons. The van der Waals surface area contributed by atoms with Crippen molar-refractivity contribution in [2.75, 3.05) is 0 Å². The van der Waals surface area contributed by atoms with Gasteiger partial charge in [-0.25, -0.2) is 4.57 Å². The molecule has 0 atom stereocenters. The van der Waals surface area contributed by atoms with E-state index in [-0.39, 0.29) is 0 Å². The summed E-state index contributed by atoms with van der Waals surface area (Å²) in [4.78, 5) is 8.70. The van der Waals surface area contributed by atoms with Crippen LogP contribution in [0.3, 0.4) is 0 Å². The smallest absolute Gasteiger partial charge is 0.264 e. The first-order valence-corrected chi connectivity index (χ1v) is 9.03. The summed E-state index contributed by atoms with van der Waals surface area (Å²) in [6.07, 6.45) is 7.71. The molecule has 0 bridgehead atoms. The molecule has 6 rings (SSSR count). The molecule has 1 aliphatic rings. The molecular weight excluding hydrogens is 328 g/mol. The highest BCUT2D eigenvalue weighted by atomic mass is 32.1. The predicted octanol–water partition coefficient (Wildman–Crippen LogP) is 3.95. The van der Waals surface area contributed by atoms with E-state index in [9.17, 15) is 0 Å². The van der Waals surface area contributed by atoms with Crippen molar-refractivity contribution in [1.29, 1.82) is 0 Å². The highest BCUT2D eigenvalue weighted by Gasteiger charge is 2.33. The Morgan fingerprint density at radius 1 is 0.960 bits per heavy atom. The van der Waals surface area contributed by atoms with Gasteiger partial charge in [-0.15, -0.1) is 0 Å². The van der Waals surface area contributed by atoms with Crippen LogP contribution in [0.25, 0.3) is 37.5 Å². The zero-order valence-corrected chi connectivity index (χ0v) is 14.1. The summed E-state index contributed by atoms with van der Waals surface area (Å²) in [5, 5.41) is 2.54. The Morgan fingerprint density at radius 2 is 1.80 bits per heavy atom. The molecule has 25 heavy (non-hydrogen) atoms. The van der Waals surface area contributed by atoms with Crippen molar-refractivity contribution in [3.8, 4) is 16.3 Å². The van der Waals surface area contributed by atoms with Crippen molar-refractivity contribution >= 4 is 32.6 Å². The van der Waals surface area contributed by atoms with Crippen molar-refractivity contribution in [3.63, 3.8) is 0 Å². The largest absolute Gasteiger partial charge is 0.306 e. The molecule has 0 saturated carbocycles. The Balaban J connectivity index is 1.79. The molecule has 0 fully saturated rings. The van der Waals surface area contributed by atoms with Gasteiger partial charge < -0.3 is 0 Å². The first-order chi connectivity index (χ1) is 12.4. The first kappa shape index (κ1) is 13.3. The average molecular weight is 341 g/mol. The number of hydrogen-bond donors (Lipinski definition) is 0. The summed E-state index contributed by atoms with van der Waals surface area (Å²) in [7, 11) is 0. The highest BCUT2D eigenvalue weighted by Crippen LogP contribution is 2.40. The zero-order chi connectivity index (χ0) is 16.4. The van der Waals surface area contributed by atoms with Gasteiger partial charge in [-0.2, -0.15) is 4.57 Å². The monoisotopic (exact) mass is 341 g/mol. The Kier molecular flexibility index (Phi) is 2.51. The number of rotatable bonds is 1. The number of thiazole rings is 1. The number of nitrogens with zero attached hydrogens (tertiary/aromatic N) is 4. The van der Waals surface area contributed by atoms with Crippen LogP contribution < -0.4 is 4.57 Å². The first-order valence-electron chi connectivity index (χ1n) is 8.21. The molecule has 0 spiro atoms. The van der Waals surface area contributed by atoms with Crippen molar-refractivity contribution < 1.29 is 4.57 Å². The van der Waals surface area contributed by atoms with E-state index in [1.54, 1.807) is 0 Å². The second-order valence-electron chi connectivity index (χ2n) is 6.24. The average Bonchev–Trinajstić information content (AvgIpc) is 3.30. The molecule has 0 amide bonds. The highest BCUT2D eigenvalue weighted by molar-refractivity contribution is 7.22. The van der Waals surface area contributed by atoms with E-state index in [1.807, 2.05) is 36.1 Å². The van der Waals surface area contributed by atoms with Gasteiger partial charge in [0.1, 0.15) is 16.9 Å². The van der Waals surface area contributed by atoms with Crippen LogP contribution in [0, 0.1) is 0 Å². The Bertz CT molecular complexity index is 1270. The number of fused-ring (bicyclic) bond motifs is 7. The standard InChI is InChI=1S/C20H13N4S/c1-2-4-14(5-3-1)24-17-11-22-9-7-15(17)18-19(24)23-12-13-6-8-21-10-16(13)20(23)25-18/h1-11H,12H2/q+1. The fourth-order valence-electron chi connectivity index (χ4n) is 3.79. The number of aromatic nitrogens is 4. The molecule has 1 aliphatic heterocycles. The van der Waals surface area contributed by atoms with Crippen LogP contribution in [-0.4, -0.2) is 14.5 Å². The summed E-state index contributed by atoms with van der Waals surface area (Å²) < 4.78 is 6.06. The lowest BCUT2D eigenvalue weighted by molar-refractivity contribution is -0.644. The molecule has 4 nitrogen and oxygen atoms in total. The fraction of sp³-hybridized carbons (Fsp3) is 0.0500. The van der Waals surface area contributed by atoms with Gasteiger partial charge in [0.15, 0.2) is 10.5 Å². The second-order valence-corrected chi connectivity index (χ2v) is 7.24. The molecule has 5 heteroatoms. The molecule has 5 aromatic rings. The van der Waals surface area contributed by atoms with Crippen molar-refractivity contribution in [1.82, 2.24) is 14.5 Å². The summed E-state index contributed by atoms with van der Waals surface area (Å²) in [6.45, 7) is 0.893.